The van der Waals surface area contributed by atoms with E-state index < -0.39 is 6.10 Å². The molecule has 4 N–H and O–H groups in total. The normalized spacial score (nSPS) is 20.4. The Hall–Kier alpha value is -1.53. The highest BCUT2D eigenvalue weighted by molar-refractivity contribution is 7.99. The summed E-state index contributed by atoms with van der Waals surface area (Å²) < 4.78 is 0. The van der Waals surface area contributed by atoms with Gasteiger partial charge in [-0.3, -0.25) is 9.59 Å². The van der Waals surface area contributed by atoms with Crippen molar-refractivity contribution >= 4 is 23.6 Å². The number of benzene rings is 1. The number of amides is 2. The fourth-order valence-electron chi connectivity index (χ4n) is 2.33. The van der Waals surface area contributed by atoms with Crippen LogP contribution in [0.15, 0.2) is 24.3 Å². The summed E-state index contributed by atoms with van der Waals surface area (Å²) in [5, 5.41) is 12.9. The average molecular weight is 294 g/mol. The third-order valence-electron chi connectivity index (χ3n) is 3.24. The van der Waals surface area contributed by atoms with Crippen LogP contribution in [0.4, 0.5) is 0 Å². The summed E-state index contributed by atoms with van der Waals surface area (Å²) in [6, 6.07) is 7.39. The van der Waals surface area contributed by atoms with Crippen molar-refractivity contribution in [2.24, 2.45) is 5.73 Å². The van der Waals surface area contributed by atoms with Gasteiger partial charge in [0.05, 0.1) is 17.9 Å². The lowest BCUT2D eigenvalue weighted by atomic mass is 10.1. The molecule has 5 nitrogen and oxygen atoms in total. The first-order valence-corrected chi connectivity index (χ1v) is 7.64. The second kappa shape index (κ2) is 6.76. The maximum atomic E-state index is 11.8. The third-order valence-corrected chi connectivity index (χ3v) is 4.22. The lowest BCUT2D eigenvalue weighted by Gasteiger charge is -2.17. The smallest absolute Gasteiger partial charge is 0.227 e. The van der Waals surface area contributed by atoms with Crippen molar-refractivity contribution in [1.82, 2.24) is 5.32 Å². The molecule has 0 heterocycles. The van der Waals surface area contributed by atoms with E-state index in [9.17, 15) is 14.7 Å². The number of hydrogen-bond acceptors (Lipinski definition) is 4. The van der Waals surface area contributed by atoms with Gasteiger partial charge in [-0.25, -0.2) is 0 Å². The summed E-state index contributed by atoms with van der Waals surface area (Å²) >= 11 is 1.34. The fraction of sp³-hybridized carbons (Fsp3) is 0.429. The largest absolute Gasteiger partial charge is 0.390 e. The summed E-state index contributed by atoms with van der Waals surface area (Å²) in [4.78, 5) is 22.4. The minimum absolute atomic E-state index is 0.122. The Kier molecular flexibility index (Phi) is 5.03. The maximum Gasteiger partial charge on any atom is 0.227 e. The Morgan fingerprint density at radius 2 is 2.15 bits per heavy atom. The number of carbonyl (C=O) groups excluding carboxylic acids is 2. The number of thioether (sulfide) groups is 1. The summed E-state index contributed by atoms with van der Waals surface area (Å²) in [5.74, 6) is 0.264. The Balaban J connectivity index is 1.84. The number of aliphatic hydroxyl groups excluding tert-OH is 1. The van der Waals surface area contributed by atoms with Gasteiger partial charge in [-0.05, 0) is 11.1 Å². The summed E-state index contributed by atoms with van der Waals surface area (Å²) in [5.41, 5.74) is 7.08. The highest BCUT2D eigenvalue weighted by atomic mass is 32.2. The van der Waals surface area contributed by atoms with Crippen molar-refractivity contribution in [3.8, 4) is 0 Å². The molecular weight excluding hydrogens is 276 g/mol. The first kappa shape index (κ1) is 14.9. The lowest BCUT2D eigenvalue weighted by molar-refractivity contribution is -0.122. The first-order valence-electron chi connectivity index (χ1n) is 6.49. The molecule has 0 aromatic heterocycles. The molecule has 0 radical (unpaired) electrons. The molecule has 0 aliphatic heterocycles. The van der Waals surface area contributed by atoms with Gasteiger partial charge in [0.2, 0.25) is 11.8 Å². The topological polar surface area (TPSA) is 92.4 Å². The molecule has 1 aromatic rings. The Morgan fingerprint density at radius 3 is 2.90 bits per heavy atom. The molecule has 20 heavy (non-hydrogen) atoms. The zero-order chi connectivity index (χ0) is 14.5. The van der Waals surface area contributed by atoms with Gasteiger partial charge < -0.3 is 16.2 Å². The highest BCUT2D eigenvalue weighted by Crippen LogP contribution is 2.31. The summed E-state index contributed by atoms with van der Waals surface area (Å²) in [7, 11) is 0. The molecule has 0 saturated carbocycles. The minimum atomic E-state index is -0.574. The van der Waals surface area contributed by atoms with E-state index in [0.29, 0.717) is 18.6 Å². The monoisotopic (exact) mass is 294 g/mol. The molecule has 0 bridgehead atoms. The van der Waals surface area contributed by atoms with Crippen LogP contribution in [-0.2, 0) is 16.0 Å². The molecular formula is C14H18N2O3S. The molecule has 108 valence electrons. The lowest BCUT2D eigenvalue weighted by Crippen LogP contribution is -2.34. The molecule has 2 rings (SSSR count). The summed E-state index contributed by atoms with van der Waals surface area (Å²) in [6.45, 7) is 0. The van der Waals surface area contributed by atoms with E-state index >= 15 is 0 Å². The Labute approximate surface area is 121 Å². The second-order valence-corrected chi connectivity index (χ2v) is 5.89. The molecule has 1 aliphatic rings. The van der Waals surface area contributed by atoms with Gasteiger partial charge in [0.15, 0.2) is 0 Å². The molecule has 1 aliphatic carbocycles. The number of aliphatic hydroxyl groups is 1. The number of rotatable bonds is 6. The van der Waals surface area contributed by atoms with Gasteiger partial charge in [0.1, 0.15) is 0 Å². The van der Waals surface area contributed by atoms with E-state index in [0.717, 1.165) is 11.1 Å². The minimum Gasteiger partial charge on any atom is -0.390 e. The Bertz CT molecular complexity index is 507. The predicted molar refractivity (Wildman–Crippen MR) is 78.2 cm³/mol. The van der Waals surface area contributed by atoms with Crippen molar-refractivity contribution in [1.29, 1.82) is 0 Å². The quantitative estimate of drug-likeness (QED) is 0.661. The number of carbonyl (C=O) groups is 2. The van der Waals surface area contributed by atoms with E-state index in [2.05, 4.69) is 5.32 Å². The maximum absolute atomic E-state index is 11.8. The van der Waals surface area contributed by atoms with Crippen LogP contribution in [0, 0.1) is 0 Å². The van der Waals surface area contributed by atoms with Crippen molar-refractivity contribution < 1.29 is 14.7 Å². The van der Waals surface area contributed by atoms with Gasteiger partial charge in [0, 0.05) is 18.6 Å². The first-order chi connectivity index (χ1) is 9.58. The molecule has 1 aromatic carbocycles. The van der Waals surface area contributed by atoms with Crippen LogP contribution in [0.1, 0.15) is 23.6 Å². The second-order valence-electron chi connectivity index (χ2n) is 4.78. The zero-order valence-electron chi connectivity index (χ0n) is 11.0. The number of primary amides is 1. The summed E-state index contributed by atoms with van der Waals surface area (Å²) in [6.07, 6.45) is 0.301. The van der Waals surface area contributed by atoms with Gasteiger partial charge in [-0.15, -0.1) is 0 Å². The molecule has 0 fully saturated rings. The Morgan fingerprint density at radius 1 is 1.40 bits per heavy atom. The van der Waals surface area contributed by atoms with Crippen LogP contribution in [0.3, 0.4) is 0 Å². The molecule has 0 saturated heterocycles. The van der Waals surface area contributed by atoms with Crippen LogP contribution in [-0.4, -0.2) is 34.5 Å². The van der Waals surface area contributed by atoms with Crippen LogP contribution < -0.4 is 11.1 Å². The standard InChI is InChI=1S/C14H18N2O3S/c15-12(18)8-20-6-5-13(19)16-14-10-4-2-1-3-9(10)7-11(14)17/h1-4,11,14,17H,5-8H2,(H2,15,18)(H,16,19). The highest BCUT2D eigenvalue weighted by Gasteiger charge is 2.31. The van der Waals surface area contributed by atoms with E-state index in [-0.39, 0.29) is 23.6 Å². The van der Waals surface area contributed by atoms with Crippen LogP contribution in [0.5, 0.6) is 0 Å². The average Bonchev–Trinajstić information content (AvgIpc) is 2.71. The fourth-order valence-corrected chi connectivity index (χ4v) is 3.01. The van der Waals surface area contributed by atoms with E-state index in [1.807, 2.05) is 24.3 Å². The molecule has 2 atom stereocenters. The third kappa shape index (κ3) is 3.74. The van der Waals surface area contributed by atoms with Gasteiger partial charge in [-0.1, -0.05) is 24.3 Å². The number of nitrogens with one attached hydrogen (secondary N) is 1. The van der Waals surface area contributed by atoms with Gasteiger partial charge in [0.25, 0.3) is 0 Å². The van der Waals surface area contributed by atoms with Crippen LogP contribution >= 0.6 is 11.8 Å². The SMILES string of the molecule is NC(=O)CSCCC(=O)NC1c2ccccc2CC1O. The van der Waals surface area contributed by atoms with Gasteiger partial charge >= 0.3 is 0 Å². The number of hydrogen-bond donors (Lipinski definition) is 3. The number of nitrogens with two attached hydrogens (primary N) is 1. The van der Waals surface area contributed by atoms with E-state index in [4.69, 9.17) is 5.73 Å². The van der Waals surface area contributed by atoms with Gasteiger partial charge in [-0.2, -0.15) is 11.8 Å². The molecule has 2 amide bonds. The van der Waals surface area contributed by atoms with Crippen LogP contribution in [0.25, 0.3) is 0 Å². The number of fused-ring (bicyclic) bond motifs is 1. The molecule has 2 unspecified atom stereocenters. The van der Waals surface area contributed by atoms with Crippen molar-refractivity contribution in [3.05, 3.63) is 35.4 Å². The van der Waals surface area contributed by atoms with Crippen molar-refractivity contribution in [3.63, 3.8) is 0 Å². The van der Waals surface area contributed by atoms with Crippen molar-refractivity contribution in [2.75, 3.05) is 11.5 Å². The van der Waals surface area contributed by atoms with E-state index in [1.54, 1.807) is 0 Å². The van der Waals surface area contributed by atoms with Crippen molar-refractivity contribution in [2.45, 2.75) is 25.0 Å². The van der Waals surface area contributed by atoms with E-state index in [1.165, 1.54) is 11.8 Å². The molecule has 0 spiro atoms. The molecule has 6 heteroatoms. The van der Waals surface area contributed by atoms with Crippen LogP contribution in [0.2, 0.25) is 0 Å². The predicted octanol–water partition coefficient (Wildman–Crippen LogP) is 0.369. The zero-order valence-corrected chi connectivity index (χ0v) is 11.9.